The van der Waals surface area contributed by atoms with Gasteiger partial charge in [-0.15, -0.1) is 0 Å². The molecule has 3 rings (SSSR count). The van der Waals surface area contributed by atoms with Gasteiger partial charge in [-0.05, 0) is 61.8 Å². The zero-order valence-corrected chi connectivity index (χ0v) is 17.0. The molecular formula is C24H34N2O. The molecule has 1 fully saturated rings. The van der Waals surface area contributed by atoms with Crippen molar-refractivity contribution in [3.63, 3.8) is 0 Å². The van der Waals surface area contributed by atoms with Crippen molar-refractivity contribution in [2.24, 2.45) is 11.8 Å². The molecule has 0 spiro atoms. The predicted molar refractivity (Wildman–Crippen MR) is 112 cm³/mol. The van der Waals surface area contributed by atoms with Crippen LogP contribution >= 0.6 is 0 Å². The maximum absolute atomic E-state index is 6.04. The fraction of sp³-hybridized carbons (Fsp3) is 0.583. The number of nitrogens with zero attached hydrogens (tertiary/aromatic N) is 2. The molecule has 146 valence electrons. The summed E-state index contributed by atoms with van der Waals surface area (Å²) >= 11 is 0. The quantitative estimate of drug-likeness (QED) is 0.477. The molecule has 1 aliphatic rings. The maximum atomic E-state index is 6.04. The SMILES string of the molecule is CCCCCc1cnc(-c2ccc(OCC3CCC(CC)CC3)cc2)cn1. The summed E-state index contributed by atoms with van der Waals surface area (Å²) in [6.45, 7) is 5.38. The van der Waals surface area contributed by atoms with Crippen molar-refractivity contribution in [1.29, 1.82) is 0 Å². The van der Waals surface area contributed by atoms with E-state index in [2.05, 4.69) is 48.1 Å². The molecule has 0 unspecified atom stereocenters. The molecule has 0 radical (unpaired) electrons. The molecule has 0 N–H and O–H groups in total. The van der Waals surface area contributed by atoms with Crippen LogP contribution in [0.25, 0.3) is 11.3 Å². The lowest BCUT2D eigenvalue weighted by Crippen LogP contribution is -2.19. The lowest BCUT2D eigenvalue weighted by atomic mass is 9.81. The first-order valence-electron chi connectivity index (χ1n) is 10.8. The Morgan fingerprint density at radius 2 is 1.63 bits per heavy atom. The lowest BCUT2D eigenvalue weighted by Gasteiger charge is -2.27. The number of unbranched alkanes of at least 4 members (excludes halogenated alkanes) is 2. The summed E-state index contributed by atoms with van der Waals surface area (Å²) in [5, 5.41) is 0. The molecule has 2 aromatic rings. The van der Waals surface area contributed by atoms with E-state index in [4.69, 9.17) is 4.74 Å². The van der Waals surface area contributed by atoms with E-state index in [1.54, 1.807) is 0 Å². The molecule has 1 heterocycles. The van der Waals surface area contributed by atoms with Crippen LogP contribution in [0.5, 0.6) is 5.75 Å². The van der Waals surface area contributed by atoms with Gasteiger partial charge in [0.1, 0.15) is 5.75 Å². The van der Waals surface area contributed by atoms with E-state index in [1.165, 1.54) is 51.4 Å². The summed E-state index contributed by atoms with van der Waals surface area (Å²) in [5.41, 5.74) is 3.11. The molecule has 0 saturated heterocycles. The van der Waals surface area contributed by atoms with Crippen LogP contribution in [0.2, 0.25) is 0 Å². The highest BCUT2D eigenvalue weighted by Gasteiger charge is 2.20. The van der Waals surface area contributed by atoms with Gasteiger partial charge in [0.25, 0.3) is 0 Å². The fourth-order valence-electron chi connectivity index (χ4n) is 3.93. The van der Waals surface area contributed by atoms with Crippen LogP contribution in [0, 0.1) is 11.8 Å². The van der Waals surface area contributed by atoms with E-state index >= 15 is 0 Å². The first-order chi connectivity index (χ1) is 13.3. The van der Waals surface area contributed by atoms with Crippen LogP contribution in [0.15, 0.2) is 36.7 Å². The van der Waals surface area contributed by atoms with Gasteiger partial charge in [-0.1, -0.05) is 46.0 Å². The molecule has 0 atom stereocenters. The van der Waals surface area contributed by atoms with Gasteiger partial charge in [-0.3, -0.25) is 9.97 Å². The Hall–Kier alpha value is -1.90. The molecule has 1 aliphatic carbocycles. The average molecular weight is 367 g/mol. The van der Waals surface area contributed by atoms with Crippen LogP contribution in [0.3, 0.4) is 0 Å². The van der Waals surface area contributed by atoms with Gasteiger partial charge in [0.15, 0.2) is 0 Å². The minimum absolute atomic E-state index is 0.721. The number of ether oxygens (including phenoxy) is 1. The Labute approximate surface area is 164 Å². The minimum atomic E-state index is 0.721. The van der Waals surface area contributed by atoms with Crippen LogP contribution in [0.4, 0.5) is 0 Å². The normalized spacial score (nSPS) is 19.8. The number of aromatic nitrogens is 2. The summed E-state index contributed by atoms with van der Waals surface area (Å²) in [5.74, 6) is 2.62. The van der Waals surface area contributed by atoms with Crippen LogP contribution < -0.4 is 4.74 Å². The lowest BCUT2D eigenvalue weighted by molar-refractivity contribution is 0.181. The van der Waals surface area contributed by atoms with Crippen molar-refractivity contribution in [3.05, 3.63) is 42.4 Å². The van der Waals surface area contributed by atoms with Crippen molar-refractivity contribution < 1.29 is 4.74 Å². The molecular weight excluding hydrogens is 332 g/mol. The van der Waals surface area contributed by atoms with Gasteiger partial charge in [0, 0.05) is 11.8 Å². The second-order valence-corrected chi connectivity index (χ2v) is 7.98. The van der Waals surface area contributed by atoms with Gasteiger partial charge >= 0.3 is 0 Å². The van der Waals surface area contributed by atoms with E-state index in [9.17, 15) is 0 Å². The maximum Gasteiger partial charge on any atom is 0.119 e. The third-order valence-corrected chi connectivity index (χ3v) is 5.92. The molecule has 1 aromatic carbocycles. The van der Waals surface area contributed by atoms with Crippen LogP contribution in [0.1, 0.15) is 70.9 Å². The summed E-state index contributed by atoms with van der Waals surface area (Å²) < 4.78 is 6.04. The molecule has 0 aliphatic heterocycles. The number of benzene rings is 1. The van der Waals surface area contributed by atoms with Crippen molar-refractivity contribution in [2.75, 3.05) is 6.61 Å². The highest BCUT2D eigenvalue weighted by Crippen LogP contribution is 2.31. The average Bonchev–Trinajstić information content (AvgIpc) is 2.74. The molecule has 1 aromatic heterocycles. The van der Waals surface area contributed by atoms with E-state index in [0.29, 0.717) is 0 Å². The second kappa shape index (κ2) is 10.4. The van der Waals surface area contributed by atoms with Crippen LogP contribution in [-0.2, 0) is 6.42 Å². The molecule has 0 bridgehead atoms. The third kappa shape index (κ3) is 6.05. The smallest absolute Gasteiger partial charge is 0.119 e. The van der Waals surface area contributed by atoms with E-state index in [1.807, 2.05) is 12.4 Å². The summed E-state index contributed by atoms with van der Waals surface area (Å²) in [6, 6.07) is 8.29. The largest absolute Gasteiger partial charge is 0.493 e. The zero-order valence-electron chi connectivity index (χ0n) is 17.0. The van der Waals surface area contributed by atoms with Gasteiger partial charge < -0.3 is 4.74 Å². The first-order valence-corrected chi connectivity index (χ1v) is 10.8. The molecule has 27 heavy (non-hydrogen) atoms. The summed E-state index contributed by atoms with van der Waals surface area (Å²) in [7, 11) is 0. The Balaban J connectivity index is 1.48. The summed E-state index contributed by atoms with van der Waals surface area (Å²) in [4.78, 5) is 9.15. The third-order valence-electron chi connectivity index (χ3n) is 5.92. The van der Waals surface area contributed by atoms with Gasteiger partial charge in [-0.25, -0.2) is 0 Å². The topological polar surface area (TPSA) is 35.0 Å². The summed E-state index contributed by atoms with van der Waals surface area (Å²) in [6.07, 6.45) is 15.2. The minimum Gasteiger partial charge on any atom is -0.493 e. The van der Waals surface area contributed by atoms with Gasteiger partial charge in [0.2, 0.25) is 0 Å². The number of hydrogen-bond acceptors (Lipinski definition) is 3. The predicted octanol–water partition coefficient (Wildman–Crippen LogP) is 6.47. The van der Waals surface area contributed by atoms with Gasteiger partial charge in [-0.2, -0.15) is 0 Å². The number of aryl methyl sites for hydroxylation is 1. The highest BCUT2D eigenvalue weighted by molar-refractivity contribution is 5.58. The van der Waals surface area contributed by atoms with E-state index < -0.39 is 0 Å². The van der Waals surface area contributed by atoms with Crippen molar-refractivity contribution in [3.8, 4) is 17.0 Å². The molecule has 0 amide bonds. The first kappa shape index (κ1) is 19.9. The van der Waals surface area contributed by atoms with E-state index in [-0.39, 0.29) is 0 Å². The fourth-order valence-corrected chi connectivity index (χ4v) is 3.93. The van der Waals surface area contributed by atoms with Gasteiger partial charge in [0.05, 0.1) is 24.2 Å². The molecule has 1 saturated carbocycles. The number of rotatable bonds is 9. The second-order valence-electron chi connectivity index (χ2n) is 7.98. The van der Waals surface area contributed by atoms with Crippen molar-refractivity contribution in [1.82, 2.24) is 9.97 Å². The van der Waals surface area contributed by atoms with E-state index in [0.717, 1.165) is 47.6 Å². The molecule has 3 heteroatoms. The van der Waals surface area contributed by atoms with Crippen LogP contribution in [-0.4, -0.2) is 16.6 Å². The standard InChI is InChI=1S/C24H34N2O/c1-3-5-6-7-22-16-26-24(17-25-22)21-12-14-23(15-13-21)27-18-20-10-8-19(4-2)9-11-20/h12-17,19-20H,3-11,18H2,1-2H3. The Morgan fingerprint density at radius 1 is 0.889 bits per heavy atom. The van der Waals surface area contributed by atoms with Crippen molar-refractivity contribution >= 4 is 0 Å². The number of hydrogen-bond donors (Lipinski definition) is 0. The molecule has 3 nitrogen and oxygen atoms in total. The Morgan fingerprint density at radius 3 is 2.26 bits per heavy atom. The van der Waals surface area contributed by atoms with Crippen molar-refractivity contribution in [2.45, 2.75) is 71.6 Å². The Kier molecular flexibility index (Phi) is 7.67. The Bertz CT molecular complexity index is 658. The highest BCUT2D eigenvalue weighted by atomic mass is 16.5. The zero-order chi connectivity index (χ0) is 18.9. The monoisotopic (exact) mass is 366 g/mol.